The summed E-state index contributed by atoms with van der Waals surface area (Å²) in [5, 5.41) is 0. The largest absolute Gasteiger partial charge is 0.468 e. The molecule has 0 aliphatic carbocycles. The summed E-state index contributed by atoms with van der Waals surface area (Å²) in [6, 6.07) is 1.61. The van der Waals surface area contributed by atoms with Crippen LogP contribution in [0.5, 0.6) is 0 Å². The van der Waals surface area contributed by atoms with E-state index in [0.717, 1.165) is 0 Å². The molecule has 0 atom stereocenters. The van der Waals surface area contributed by atoms with Crippen LogP contribution in [0.25, 0.3) is 0 Å². The lowest BCUT2D eigenvalue weighted by molar-refractivity contribution is -0.140. The Morgan fingerprint density at radius 1 is 1.30 bits per heavy atom. The molecule has 0 unspecified atom stereocenters. The van der Waals surface area contributed by atoms with Crippen molar-refractivity contribution in [3.05, 3.63) is 24.0 Å². The van der Waals surface area contributed by atoms with Crippen molar-refractivity contribution in [3.8, 4) is 0 Å². The van der Waals surface area contributed by atoms with E-state index in [-0.39, 0.29) is 18.1 Å². The summed E-state index contributed by atoms with van der Waals surface area (Å²) in [5.41, 5.74) is 6.61. The molecule has 0 fully saturated rings. The van der Waals surface area contributed by atoms with E-state index in [1.807, 2.05) is 0 Å². The second-order valence-corrected chi connectivity index (χ2v) is 4.21. The molecular weight excluding hydrogens is 282 g/mol. The smallest absolute Gasteiger partial charge is 0.325 e. The van der Waals surface area contributed by atoms with Crippen molar-refractivity contribution in [1.82, 2.24) is 4.98 Å². The van der Waals surface area contributed by atoms with Gasteiger partial charge in [0.15, 0.2) is 0 Å². The van der Waals surface area contributed by atoms with Crippen LogP contribution in [0.1, 0.15) is 5.56 Å². The van der Waals surface area contributed by atoms with Crippen LogP contribution in [-0.4, -0.2) is 49.2 Å². The summed E-state index contributed by atoms with van der Waals surface area (Å²) in [7, 11) is 2.52. The molecule has 0 aliphatic heterocycles. The van der Waals surface area contributed by atoms with E-state index in [9.17, 15) is 9.59 Å². The van der Waals surface area contributed by atoms with Crippen molar-refractivity contribution >= 4 is 34.8 Å². The Bertz CT molecular complexity index is 503. The van der Waals surface area contributed by atoms with Crippen LogP contribution in [0.15, 0.2) is 18.5 Å². The molecule has 0 aromatic carbocycles. The minimum Gasteiger partial charge on any atom is -0.468 e. The maximum Gasteiger partial charge on any atom is 0.325 e. The van der Waals surface area contributed by atoms with Gasteiger partial charge in [-0.05, 0) is 6.07 Å². The number of pyridine rings is 1. The van der Waals surface area contributed by atoms with E-state index in [1.165, 1.54) is 31.5 Å². The Morgan fingerprint density at radius 2 is 1.85 bits per heavy atom. The molecule has 1 aromatic heterocycles. The first-order valence-electron chi connectivity index (χ1n) is 5.62. The molecule has 108 valence electrons. The van der Waals surface area contributed by atoms with Gasteiger partial charge in [-0.15, -0.1) is 0 Å². The van der Waals surface area contributed by atoms with Crippen LogP contribution in [0.2, 0.25) is 0 Å². The molecule has 1 aromatic rings. The van der Waals surface area contributed by atoms with Crippen LogP contribution < -0.4 is 10.6 Å². The van der Waals surface area contributed by atoms with Gasteiger partial charge in [-0.25, -0.2) is 0 Å². The number of anilines is 1. The van der Waals surface area contributed by atoms with Gasteiger partial charge < -0.3 is 20.1 Å². The van der Waals surface area contributed by atoms with Gasteiger partial charge in [-0.3, -0.25) is 14.6 Å². The van der Waals surface area contributed by atoms with Crippen LogP contribution in [0.3, 0.4) is 0 Å². The Hall–Kier alpha value is -2.22. The zero-order valence-corrected chi connectivity index (χ0v) is 12.0. The molecule has 0 amide bonds. The number of nitrogens with two attached hydrogens (primary N) is 1. The number of hydrogen-bond donors (Lipinski definition) is 1. The predicted molar refractivity (Wildman–Crippen MR) is 76.4 cm³/mol. The minimum atomic E-state index is -0.508. The second kappa shape index (κ2) is 7.39. The molecule has 0 bridgehead atoms. The van der Waals surface area contributed by atoms with Gasteiger partial charge in [0.1, 0.15) is 18.1 Å². The highest BCUT2D eigenvalue weighted by atomic mass is 32.1. The average Bonchev–Trinajstić information content (AvgIpc) is 2.46. The first-order chi connectivity index (χ1) is 9.49. The first kappa shape index (κ1) is 15.8. The van der Waals surface area contributed by atoms with Crippen LogP contribution in [0.4, 0.5) is 5.69 Å². The predicted octanol–water partition coefficient (Wildman–Crippen LogP) is -0.132. The first-order valence-corrected chi connectivity index (χ1v) is 6.02. The molecule has 0 saturated carbocycles. The van der Waals surface area contributed by atoms with Gasteiger partial charge in [0.25, 0.3) is 0 Å². The highest BCUT2D eigenvalue weighted by Crippen LogP contribution is 2.19. The van der Waals surface area contributed by atoms with Crippen molar-refractivity contribution in [2.24, 2.45) is 5.73 Å². The Labute approximate surface area is 121 Å². The van der Waals surface area contributed by atoms with Gasteiger partial charge in [0.2, 0.25) is 0 Å². The Morgan fingerprint density at radius 3 is 2.30 bits per heavy atom. The minimum absolute atomic E-state index is 0.141. The number of esters is 2. The number of methoxy groups -OCH3 is 2. The van der Waals surface area contributed by atoms with Crippen molar-refractivity contribution in [2.75, 3.05) is 32.2 Å². The Balaban J connectivity index is 3.12. The Kier molecular flexibility index (Phi) is 5.85. The van der Waals surface area contributed by atoms with Crippen molar-refractivity contribution in [3.63, 3.8) is 0 Å². The van der Waals surface area contributed by atoms with E-state index >= 15 is 0 Å². The maximum atomic E-state index is 11.4. The normalized spacial score (nSPS) is 9.70. The van der Waals surface area contributed by atoms with E-state index in [4.69, 9.17) is 18.0 Å². The summed E-state index contributed by atoms with van der Waals surface area (Å²) in [4.78, 5) is 28.4. The van der Waals surface area contributed by atoms with Gasteiger partial charge in [-0.2, -0.15) is 0 Å². The number of carbonyl (C=O) groups excluding carboxylic acids is 2. The van der Waals surface area contributed by atoms with Crippen molar-refractivity contribution in [2.45, 2.75) is 0 Å². The van der Waals surface area contributed by atoms with Crippen LogP contribution >= 0.6 is 12.2 Å². The molecule has 7 nitrogen and oxygen atoms in total. The van der Waals surface area contributed by atoms with Gasteiger partial charge in [0, 0.05) is 11.8 Å². The number of hydrogen-bond acceptors (Lipinski definition) is 7. The molecule has 8 heteroatoms. The van der Waals surface area contributed by atoms with Crippen LogP contribution in [-0.2, 0) is 19.1 Å². The molecule has 2 N–H and O–H groups in total. The van der Waals surface area contributed by atoms with E-state index < -0.39 is 11.9 Å². The van der Waals surface area contributed by atoms with E-state index in [2.05, 4.69) is 14.5 Å². The third-order valence-corrected chi connectivity index (χ3v) is 2.72. The fourth-order valence-corrected chi connectivity index (χ4v) is 1.69. The van der Waals surface area contributed by atoms with Gasteiger partial charge in [-0.1, -0.05) is 12.2 Å². The standard InChI is InChI=1S/C12H15N3O4S/c1-18-10(16)6-15(7-11(17)19-2)9-5-14-4-3-8(9)12(13)20/h3-5H,6-7H2,1-2H3,(H2,13,20). The second-order valence-electron chi connectivity index (χ2n) is 3.77. The third kappa shape index (κ3) is 4.16. The number of aromatic nitrogens is 1. The summed E-state index contributed by atoms with van der Waals surface area (Å²) in [6.07, 6.45) is 2.99. The quantitative estimate of drug-likeness (QED) is 0.573. The zero-order valence-electron chi connectivity index (χ0n) is 11.2. The van der Waals surface area contributed by atoms with E-state index in [0.29, 0.717) is 11.3 Å². The highest BCUT2D eigenvalue weighted by Gasteiger charge is 2.19. The number of thiocarbonyl (C=S) groups is 1. The monoisotopic (exact) mass is 297 g/mol. The third-order valence-electron chi connectivity index (χ3n) is 2.50. The zero-order chi connectivity index (χ0) is 15.1. The molecule has 1 rings (SSSR count). The fourth-order valence-electron chi connectivity index (χ4n) is 1.51. The summed E-state index contributed by atoms with van der Waals surface area (Å²) >= 11 is 4.94. The number of nitrogens with zero attached hydrogens (tertiary/aromatic N) is 2. The highest BCUT2D eigenvalue weighted by molar-refractivity contribution is 7.80. The topological polar surface area (TPSA) is 94.8 Å². The fraction of sp³-hybridized carbons (Fsp3) is 0.333. The summed E-state index contributed by atoms with van der Waals surface area (Å²) in [6.45, 7) is -0.292. The average molecular weight is 297 g/mol. The lowest BCUT2D eigenvalue weighted by Gasteiger charge is -2.23. The van der Waals surface area contributed by atoms with Gasteiger partial charge >= 0.3 is 11.9 Å². The molecule has 1 heterocycles. The lowest BCUT2D eigenvalue weighted by atomic mass is 10.2. The SMILES string of the molecule is COC(=O)CN(CC(=O)OC)c1cnccc1C(N)=S. The van der Waals surface area contributed by atoms with Crippen molar-refractivity contribution < 1.29 is 19.1 Å². The van der Waals surface area contributed by atoms with Crippen molar-refractivity contribution in [1.29, 1.82) is 0 Å². The number of ether oxygens (including phenoxy) is 2. The molecule has 20 heavy (non-hydrogen) atoms. The molecule has 0 spiro atoms. The summed E-state index contributed by atoms with van der Waals surface area (Å²) in [5.74, 6) is -1.02. The van der Waals surface area contributed by atoms with E-state index in [1.54, 1.807) is 6.07 Å². The molecule has 0 radical (unpaired) electrons. The van der Waals surface area contributed by atoms with Crippen LogP contribution in [0, 0.1) is 0 Å². The molecule has 0 saturated heterocycles. The number of rotatable bonds is 6. The molecular formula is C12H15N3O4S. The van der Waals surface area contributed by atoms with Gasteiger partial charge in [0.05, 0.1) is 26.1 Å². The summed E-state index contributed by atoms with van der Waals surface area (Å²) < 4.78 is 9.20. The number of carbonyl (C=O) groups is 2. The maximum absolute atomic E-state index is 11.4. The molecule has 0 aliphatic rings. The lowest BCUT2D eigenvalue weighted by Crippen LogP contribution is -2.37.